The molecule has 1 unspecified atom stereocenters. The summed E-state index contributed by atoms with van der Waals surface area (Å²) < 4.78 is 1.46. The predicted octanol–water partition coefficient (Wildman–Crippen LogP) is 1.52. The first-order valence-corrected chi connectivity index (χ1v) is 5.19. The second-order valence-electron chi connectivity index (χ2n) is 3.07. The molecule has 0 radical (unpaired) electrons. The van der Waals surface area contributed by atoms with Gasteiger partial charge in [0, 0.05) is 17.5 Å². The Bertz CT molecular complexity index is 339. The van der Waals surface area contributed by atoms with Crippen molar-refractivity contribution in [2.45, 2.75) is 26.8 Å². The van der Waals surface area contributed by atoms with Crippen molar-refractivity contribution in [2.75, 3.05) is 0 Å². The Balaban J connectivity index is 2.65. The maximum Gasteiger partial charge on any atom is 0.307 e. The summed E-state index contributed by atoms with van der Waals surface area (Å²) in [4.78, 5) is 22.5. The van der Waals surface area contributed by atoms with Crippen molar-refractivity contribution in [1.82, 2.24) is 4.57 Å². The number of thiazole rings is 1. The summed E-state index contributed by atoms with van der Waals surface area (Å²) in [6, 6.07) is 0. The Hall–Kier alpha value is -0.900. The number of hydrogen-bond donors (Lipinski definition) is 0. The van der Waals surface area contributed by atoms with Gasteiger partial charge in [-0.05, 0) is 6.42 Å². The summed E-state index contributed by atoms with van der Waals surface area (Å²) in [6.45, 7) is 4.08. The van der Waals surface area contributed by atoms with Gasteiger partial charge in [0.15, 0.2) is 5.78 Å². The monoisotopic (exact) mass is 199 g/mol. The first-order valence-electron chi connectivity index (χ1n) is 4.31. The molecule has 0 bridgehead atoms. The van der Waals surface area contributed by atoms with Crippen LogP contribution in [0.4, 0.5) is 0 Å². The van der Waals surface area contributed by atoms with Crippen molar-refractivity contribution in [3.8, 4) is 0 Å². The number of nitrogens with zero attached hydrogens (tertiary/aromatic N) is 1. The van der Waals surface area contributed by atoms with Gasteiger partial charge in [0.05, 0.1) is 6.54 Å². The fraction of sp³-hybridized carbons (Fsp3) is 0.556. The predicted molar refractivity (Wildman–Crippen MR) is 53.0 cm³/mol. The molecular formula is C9H13NO2S. The van der Waals surface area contributed by atoms with E-state index < -0.39 is 0 Å². The molecular weight excluding hydrogens is 186 g/mol. The van der Waals surface area contributed by atoms with Gasteiger partial charge in [0.1, 0.15) is 0 Å². The van der Waals surface area contributed by atoms with Crippen LogP contribution in [0.3, 0.4) is 0 Å². The first-order chi connectivity index (χ1) is 6.15. The van der Waals surface area contributed by atoms with Crippen LogP contribution in [0.5, 0.6) is 0 Å². The van der Waals surface area contributed by atoms with Crippen LogP contribution in [-0.4, -0.2) is 10.4 Å². The lowest BCUT2D eigenvalue weighted by molar-refractivity contribution is -0.123. The molecule has 0 saturated heterocycles. The zero-order valence-corrected chi connectivity index (χ0v) is 8.63. The van der Waals surface area contributed by atoms with Crippen LogP contribution in [0.1, 0.15) is 20.3 Å². The van der Waals surface area contributed by atoms with Crippen LogP contribution in [0.25, 0.3) is 0 Å². The number of carbonyl (C=O) groups is 1. The topological polar surface area (TPSA) is 39.1 Å². The quantitative estimate of drug-likeness (QED) is 0.737. The normalized spacial score (nSPS) is 12.8. The largest absolute Gasteiger partial charge is 0.307 e. The smallest absolute Gasteiger partial charge is 0.299 e. The summed E-state index contributed by atoms with van der Waals surface area (Å²) in [5.74, 6) is 0.176. The molecule has 0 fully saturated rings. The van der Waals surface area contributed by atoms with E-state index in [0.717, 1.165) is 17.8 Å². The fourth-order valence-corrected chi connectivity index (χ4v) is 1.54. The summed E-state index contributed by atoms with van der Waals surface area (Å²) in [7, 11) is 0. The number of carbonyl (C=O) groups excluding carboxylic acids is 1. The molecule has 72 valence electrons. The van der Waals surface area contributed by atoms with E-state index in [1.807, 2.05) is 13.8 Å². The summed E-state index contributed by atoms with van der Waals surface area (Å²) in [5.41, 5.74) is 0. The van der Waals surface area contributed by atoms with E-state index in [9.17, 15) is 9.59 Å². The lowest BCUT2D eigenvalue weighted by atomic mass is 10.0. The van der Waals surface area contributed by atoms with Gasteiger partial charge < -0.3 is 0 Å². The molecule has 0 aliphatic rings. The third-order valence-corrected chi connectivity index (χ3v) is 2.83. The maximum absolute atomic E-state index is 11.4. The number of Topliss-reactive ketones (excluding diaryl/α,β-unsaturated/α-hetero) is 1. The molecule has 0 aliphatic heterocycles. The first kappa shape index (κ1) is 10.2. The van der Waals surface area contributed by atoms with E-state index in [1.165, 1.54) is 4.57 Å². The minimum Gasteiger partial charge on any atom is -0.299 e. The molecule has 1 aromatic rings. The Morgan fingerprint density at radius 3 is 2.85 bits per heavy atom. The van der Waals surface area contributed by atoms with E-state index >= 15 is 0 Å². The lowest BCUT2D eigenvalue weighted by Crippen LogP contribution is -2.22. The van der Waals surface area contributed by atoms with Crippen molar-refractivity contribution >= 4 is 17.1 Å². The second kappa shape index (κ2) is 4.37. The van der Waals surface area contributed by atoms with Crippen LogP contribution in [0.2, 0.25) is 0 Å². The van der Waals surface area contributed by atoms with E-state index in [0.29, 0.717) is 0 Å². The van der Waals surface area contributed by atoms with E-state index in [-0.39, 0.29) is 23.1 Å². The van der Waals surface area contributed by atoms with Gasteiger partial charge in [-0.2, -0.15) is 0 Å². The Morgan fingerprint density at radius 1 is 1.69 bits per heavy atom. The maximum atomic E-state index is 11.4. The molecule has 1 aromatic heterocycles. The van der Waals surface area contributed by atoms with Gasteiger partial charge in [-0.1, -0.05) is 25.2 Å². The van der Waals surface area contributed by atoms with Crippen LogP contribution in [0.15, 0.2) is 16.4 Å². The van der Waals surface area contributed by atoms with Gasteiger partial charge in [0.2, 0.25) is 0 Å². The standard InChI is InChI=1S/C9H13NO2S/c1-3-7(2)8(11)6-10-4-5-13-9(10)12/h4-5,7H,3,6H2,1-2H3. The van der Waals surface area contributed by atoms with Crippen LogP contribution >= 0.6 is 11.3 Å². The Labute approximate surface area is 81.0 Å². The number of aromatic nitrogens is 1. The molecule has 1 heterocycles. The van der Waals surface area contributed by atoms with Gasteiger partial charge in [-0.3, -0.25) is 14.2 Å². The SMILES string of the molecule is CCC(C)C(=O)Cn1ccsc1=O. The molecule has 1 atom stereocenters. The van der Waals surface area contributed by atoms with Gasteiger partial charge in [-0.25, -0.2) is 0 Å². The minimum absolute atomic E-state index is 0.0480. The minimum atomic E-state index is -0.0587. The average Bonchev–Trinajstić information content (AvgIpc) is 2.50. The van der Waals surface area contributed by atoms with E-state index in [1.54, 1.807) is 11.6 Å². The lowest BCUT2D eigenvalue weighted by Gasteiger charge is -2.06. The average molecular weight is 199 g/mol. The highest BCUT2D eigenvalue weighted by molar-refractivity contribution is 7.07. The molecule has 3 nitrogen and oxygen atoms in total. The van der Waals surface area contributed by atoms with Crippen molar-refractivity contribution in [1.29, 1.82) is 0 Å². The molecule has 4 heteroatoms. The van der Waals surface area contributed by atoms with Crippen LogP contribution in [-0.2, 0) is 11.3 Å². The van der Waals surface area contributed by atoms with E-state index in [2.05, 4.69) is 0 Å². The summed E-state index contributed by atoms with van der Waals surface area (Å²) >= 11 is 1.12. The van der Waals surface area contributed by atoms with Gasteiger partial charge in [-0.15, -0.1) is 0 Å². The zero-order valence-electron chi connectivity index (χ0n) is 7.82. The number of hydrogen-bond acceptors (Lipinski definition) is 3. The third-order valence-electron chi connectivity index (χ3n) is 2.13. The van der Waals surface area contributed by atoms with Crippen molar-refractivity contribution in [2.24, 2.45) is 5.92 Å². The number of ketones is 1. The van der Waals surface area contributed by atoms with Gasteiger partial charge >= 0.3 is 4.87 Å². The van der Waals surface area contributed by atoms with E-state index in [4.69, 9.17) is 0 Å². The number of rotatable bonds is 4. The molecule has 0 amide bonds. The molecule has 0 spiro atoms. The zero-order chi connectivity index (χ0) is 9.84. The highest BCUT2D eigenvalue weighted by Gasteiger charge is 2.11. The highest BCUT2D eigenvalue weighted by atomic mass is 32.1. The molecule has 1 rings (SSSR count). The van der Waals surface area contributed by atoms with Crippen molar-refractivity contribution < 1.29 is 4.79 Å². The molecule has 13 heavy (non-hydrogen) atoms. The van der Waals surface area contributed by atoms with Gasteiger partial charge in [0.25, 0.3) is 0 Å². The Morgan fingerprint density at radius 2 is 2.38 bits per heavy atom. The van der Waals surface area contributed by atoms with Crippen LogP contribution in [0, 0.1) is 5.92 Å². The third kappa shape index (κ3) is 2.52. The fourth-order valence-electron chi connectivity index (χ4n) is 0.959. The van der Waals surface area contributed by atoms with Crippen molar-refractivity contribution in [3.05, 3.63) is 21.2 Å². The van der Waals surface area contributed by atoms with Crippen LogP contribution < -0.4 is 4.87 Å². The second-order valence-corrected chi connectivity index (χ2v) is 3.93. The highest BCUT2D eigenvalue weighted by Crippen LogP contribution is 2.03. The molecule has 0 aromatic carbocycles. The van der Waals surface area contributed by atoms with Crippen molar-refractivity contribution in [3.63, 3.8) is 0 Å². The Kier molecular flexibility index (Phi) is 3.42. The molecule has 0 saturated carbocycles. The summed E-state index contributed by atoms with van der Waals surface area (Å²) in [5, 5.41) is 1.70. The molecule has 0 N–H and O–H groups in total. The molecule has 0 aliphatic carbocycles. The summed E-state index contributed by atoms with van der Waals surface area (Å²) in [6.07, 6.45) is 2.49.